The molecule has 1 fully saturated rings. The van der Waals surface area contributed by atoms with Gasteiger partial charge >= 0.3 is 0 Å². The molecule has 1 aliphatic rings. The van der Waals surface area contributed by atoms with E-state index in [4.69, 9.17) is 6.42 Å². The van der Waals surface area contributed by atoms with Crippen molar-refractivity contribution in [1.82, 2.24) is 4.98 Å². The highest BCUT2D eigenvalue weighted by molar-refractivity contribution is 6.10. The molecule has 4 nitrogen and oxygen atoms in total. The van der Waals surface area contributed by atoms with Crippen LogP contribution < -0.4 is 0 Å². The number of Topliss-reactive ketones (excluding diaryl/α,β-unsaturated/α-hetero) is 3. The summed E-state index contributed by atoms with van der Waals surface area (Å²) in [4.78, 5) is 39.2. The van der Waals surface area contributed by atoms with Crippen LogP contribution in [-0.2, 0) is 14.4 Å². The van der Waals surface area contributed by atoms with Crippen LogP contribution in [0.1, 0.15) is 59.5 Å². The van der Waals surface area contributed by atoms with Crippen molar-refractivity contribution in [3.63, 3.8) is 0 Å². The number of rotatable bonds is 3. The number of nitrogens with zero attached hydrogens (tertiary/aromatic N) is 1. The fourth-order valence-corrected chi connectivity index (χ4v) is 3.64. The monoisotopic (exact) mass is 411 g/mol. The van der Waals surface area contributed by atoms with Crippen molar-refractivity contribution in [3.8, 4) is 12.3 Å². The average molecular weight is 411 g/mol. The lowest BCUT2D eigenvalue weighted by molar-refractivity contribution is -0.132. The smallest absolute Gasteiger partial charge is 0.295 e. The van der Waals surface area contributed by atoms with Crippen molar-refractivity contribution in [1.29, 1.82) is 0 Å². The standard InChI is InChI=1S/C21H19NO2.C3H4F2O/c1-4-15-9-13(2)20(14(3)10-15)21-18(23)11-16(12-19(21)24)17-7-5-6-8-22-17;1-2(6)3(4)5/h1,5-10,16,21H,11-12H2,2-3H3;3H,1H3. The van der Waals surface area contributed by atoms with Crippen molar-refractivity contribution >= 4 is 17.3 Å². The molecular weight excluding hydrogens is 388 g/mol. The van der Waals surface area contributed by atoms with Crippen LogP contribution in [0.3, 0.4) is 0 Å². The van der Waals surface area contributed by atoms with Gasteiger partial charge in [-0.25, -0.2) is 8.78 Å². The maximum atomic E-state index is 12.8. The zero-order valence-electron chi connectivity index (χ0n) is 17.1. The number of halogens is 2. The van der Waals surface area contributed by atoms with Gasteiger partial charge in [0.25, 0.3) is 6.43 Å². The Morgan fingerprint density at radius 3 is 2.07 bits per heavy atom. The van der Waals surface area contributed by atoms with Gasteiger partial charge in [0.15, 0.2) is 5.78 Å². The molecule has 156 valence electrons. The summed E-state index contributed by atoms with van der Waals surface area (Å²) in [5, 5.41) is 0. The van der Waals surface area contributed by atoms with Crippen LogP contribution in [0.4, 0.5) is 8.78 Å². The minimum atomic E-state index is -2.79. The predicted octanol–water partition coefficient (Wildman–Crippen LogP) is 4.32. The summed E-state index contributed by atoms with van der Waals surface area (Å²) >= 11 is 0. The fourth-order valence-electron chi connectivity index (χ4n) is 3.64. The molecule has 1 aliphatic carbocycles. The molecular formula is C24H23F2NO3. The third kappa shape index (κ3) is 5.44. The van der Waals surface area contributed by atoms with Crippen LogP contribution in [0.5, 0.6) is 0 Å². The van der Waals surface area contributed by atoms with Gasteiger partial charge in [0.2, 0.25) is 0 Å². The van der Waals surface area contributed by atoms with Crippen molar-refractivity contribution < 1.29 is 23.2 Å². The second-order valence-electron chi connectivity index (χ2n) is 7.30. The van der Waals surface area contributed by atoms with E-state index >= 15 is 0 Å². The summed E-state index contributed by atoms with van der Waals surface area (Å²) < 4.78 is 21.6. The molecule has 1 saturated carbocycles. The van der Waals surface area contributed by atoms with E-state index in [1.165, 1.54) is 0 Å². The summed E-state index contributed by atoms with van der Waals surface area (Å²) in [5.74, 6) is 0.698. The average Bonchev–Trinajstić information content (AvgIpc) is 2.70. The highest BCUT2D eigenvalue weighted by Gasteiger charge is 2.38. The lowest BCUT2D eigenvalue weighted by atomic mass is 9.73. The van der Waals surface area contributed by atoms with Crippen molar-refractivity contribution in [2.24, 2.45) is 0 Å². The molecule has 1 aromatic carbocycles. The van der Waals surface area contributed by atoms with E-state index < -0.39 is 18.1 Å². The van der Waals surface area contributed by atoms with Gasteiger partial charge in [-0.05, 0) is 54.8 Å². The van der Waals surface area contributed by atoms with Gasteiger partial charge in [-0.3, -0.25) is 19.4 Å². The van der Waals surface area contributed by atoms with E-state index in [1.807, 2.05) is 44.2 Å². The quantitative estimate of drug-likeness (QED) is 0.557. The predicted molar refractivity (Wildman–Crippen MR) is 110 cm³/mol. The highest BCUT2D eigenvalue weighted by atomic mass is 19.3. The molecule has 0 amide bonds. The van der Waals surface area contributed by atoms with E-state index in [1.54, 1.807) is 6.20 Å². The topological polar surface area (TPSA) is 64.1 Å². The first kappa shape index (κ1) is 23.1. The molecule has 0 radical (unpaired) electrons. The number of aryl methyl sites for hydroxylation is 2. The number of hydrogen-bond donors (Lipinski definition) is 0. The van der Waals surface area contributed by atoms with Gasteiger partial charge in [-0.15, -0.1) is 6.42 Å². The molecule has 0 bridgehead atoms. The number of pyridine rings is 1. The summed E-state index contributed by atoms with van der Waals surface area (Å²) in [6, 6.07) is 9.33. The molecule has 0 saturated heterocycles. The summed E-state index contributed by atoms with van der Waals surface area (Å²) in [5.41, 5.74) is 4.23. The zero-order chi connectivity index (χ0) is 22.4. The lowest BCUT2D eigenvalue weighted by Gasteiger charge is -2.28. The molecule has 0 unspecified atom stereocenters. The number of carbonyl (C=O) groups is 3. The van der Waals surface area contributed by atoms with Gasteiger partial charge in [-0.2, -0.15) is 0 Å². The van der Waals surface area contributed by atoms with Gasteiger partial charge in [-0.1, -0.05) is 12.0 Å². The number of carbonyl (C=O) groups excluding carboxylic acids is 3. The molecule has 0 aliphatic heterocycles. The van der Waals surface area contributed by atoms with Crippen molar-refractivity contribution in [3.05, 3.63) is 64.5 Å². The number of alkyl halides is 2. The maximum absolute atomic E-state index is 12.8. The lowest BCUT2D eigenvalue weighted by Crippen LogP contribution is -2.32. The number of ketones is 3. The first-order chi connectivity index (χ1) is 14.1. The van der Waals surface area contributed by atoms with E-state index in [0.29, 0.717) is 12.8 Å². The van der Waals surface area contributed by atoms with E-state index in [9.17, 15) is 23.2 Å². The molecule has 0 spiro atoms. The Labute approximate surface area is 174 Å². The summed E-state index contributed by atoms with van der Waals surface area (Å²) in [6.07, 6.45) is 5.07. The Balaban J connectivity index is 0.000000469. The molecule has 3 rings (SSSR count). The minimum Gasteiger partial charge on any atom is -0.298 e. The summed E-state index contributed by atoms with van der Waals surface area (Å²) in [7, 11) is 0. The first-order valence-corrected chi connectivity index (χ1v) is 9.48. The van der Waals surface area contributed by atoms with Crippen LogP contribution in [0.15, 0.2) is 36.5 Å². The Kier molecular flexibility index (Phi) is 7.71. The minimum absolute atomic E-state index is 0.0263. The van der Waals surface area contributed by atoms with Crippen molar-refractivity contribution in [2.75, 3.05) is 0 Å². The Morgan fingerprint density at radius 1 is 1.13 bits per heavy atom. The number of benzene rings is 1. The van der Waals surface area contributed by atoms with Crippen LogP contribution in [0, 0.1) is 26.2 Å². The molecule has 1 aromatic heterocycles. The Hall–Kier alpha value is -3.20. The Bertz CT molecular complexity index is 952. The number of hydrogen-bond acceptors (Lipinski definition) is 4. The second-order valence-corrected chi connectivity index (χ2v) is 7.30. The third-order valence-electron chi connectivity index (χ3n) is 5.00. The summed E-state index contributed by atoms with van der Waals surface area (Å²) in [6.45, 7) is 4.67. The molecule has 0 atom stereocenters. The first-order valence-electron chi connectivity index (χ1n) is 9.48. The molecule has 30 heavy (non-hydrogen) atoms. The SMILES string of the molecule is C#Cc1cc(C)c(C2C(=O)CC(c3ccccn3)CC2=O)c(C)c1.CC(=O)C(F)F. The van der Waals surface area contributed by atoms with Gasteiger partial charge in [0.1, 0.15) is 17.5 Å². The zero-order valence-corrected chi connectivity index (χ0v) is 17.1. The number of terminal acetylenes is 1. The van der Waals surface area contributed by atoms with Gasteiger partial charge < -0.3 is 0 Å². The molecule has 0 N–H and O–H groups in total. The largest absolute Gasteiger partial charge is 0.298 e. The van der Waals surface area contributed by atoms with Crippen LogP contribution in [0.2, 0.25) is 0 Å². The van der Waals surface area contributed by atoms with Gasteiger partial charge in [0.05, 0.1) is 0 Å². The Morgan fingerprint density at radius 2 is 1.67 bits per heavy atom. The second kappa shape index (κ2) is 10.0. The van der Waals surface area contributed by atoms with E-state index in [0.717, 1.165) is 34.9 Å². The van der Waals surface area contributed by atoms with E-state index in [-0.39, 0.29) is 17.5 Å². The highest BCUT2D eigenvalue weighted by Crippen LogP contribution is 2.37. The normalized spacial score (nSPS) is 18.4. The molecule has 1 heterocycles. The van der Waals surface area contributed by atoms with Crippen LogP contribution >= 0.6 is 0 Å². The van der Waals surface area contributed by atoms with Gasteiger partial charge in [0, 0.05) is 43.1 Å². The van der Waals surface area contributed by atoms with Crippen molar-refractivity contribution in [2.45, 2.75) is 51.9 Å². The van der Waals surface area contributed by atoms with E-state index in [2.05, 4.69) is 10.9 Å². The third-order valence-corrected chi connectivity index (χ3v) is 5.00. The van der Waals surface area contributed by atoms with Crippen LogP contribution in [0.25, 0.3) is 0 Å². The molecule has 6 heteroatoms. The fraction of sp³-hybridized carbons (Fsp3) is 0.333. The maximum Gasteiger partial charge on any atom is 0.295 e. The van der Waals surface area contributed by atoms with Crippen LogP contribution in [-0.4, -0.2) is 28.8 Å². The molecule has 2 aromatic rings. The number of aromatic nitrogens is 1.